The molecule has 0 radical (unpaired) electrons. The van der Waals surface area contributed by atoms with Gasteiger partial charge in [-0.25, -0.2) is 0 Å². The van der Waals surface area contributed by atoms with Crippen LogP contribution in [0.1, 0.15) is 46.4 Å². The Morgan fingerprint density at radius 3 is 2.40 bits per heavy atom. The largest absolute Gasteiger partial charge is 0.497 e. The van der Waals surface area contributed by atoms with Gasteiger partial charge in [-0.15, -0.1) is 0 Å². The van der Waals surface area contributed by atoms with E-state index in [9.17, 15) is 14.4 Å². The number of nitrogens with zero attached hydrogens (tertiary/aromatic N) is 2. The second-order valence-corrected chi connectivity index (χ2v) is 9.70. The van der Waals surface area contributed by atoms with Gasteiger partial charge in [0.2, 0.25) is 5.91 Å². The highest BCUT2D eigenvalue weighted by Gasteiger charge is 2.54. The van der Waals surface area contributed by atoms with E-state index in [1.165, 1.54) is 0 Å². The van der Waals surface area contributed by atoms with Gasteiger partial charge in [0.25, 0.3) is 11.8 Å². The van der Waals surface area contributed by atoms with Crippen LogP contribution < -0.4 is 10.1 Å². The number of likely N-dealkylation sites (tertiary alicyclic amines) is 1. The van der Waals surface area contributed by atoms with Gasteiger partial charge >= 0.3 is 0 Å². The summed E-state index contributed by atoms with van der Waals surface area (Å²) in [5.74, 6) is -0.00861. The minimum atomic E-state index is -0.956. The summed E-state index contributed by atoms with van der Waals surface area (Å²) in [5.41, 5.74) is 0.0319. The summed E-state index contributed by atoms with van der Waals surface area (Å²) < 4.78 is 11.5. The molecule has 1 spiro atoms. The molecule has 1 aliphatic carbocycles. The summed E-state index contributed by atoms with van der Waals surface area (Å²) in [6.07, 6.45) is 2.73. The molecule has 3 aliphatic rings. The topological polar surface area (TPSA) is 88.2 Å². The molecule has 2 heterocycles. The summed E-state index contributed by atoms with van der Waals surface area (Å²) in [7, 11) is 1.54. The van der Waals surface area contributed by atoms with Crippen molar-refractivity contribution in [1.82, 2.24) is 15.1 Å². The Kier molecular flexibility index (Phi) is 6.42. The fourth-order valence-electron chi connectivity index (χ4n) is 4.82. The van der Waals surface area contributed by atoms with Crippen molar-refractivity contribution in [3.05, 3.63) is 64.7 Å². The van der Waals surface area contributed by atoms with Crippen LogP contribution in [-0.4, -0.2) is 72.1 Å². The molecule has 0 aromatic heterocycles. The number of carbonyl (C=O) groups excluding carboxylic acids is 3. The average Bonchev–Trinajstić information content (AvgIpc) is 3.63. The maximum atomic E-state index is 13.8. The molecule has 2 aliphatic heterocycles. The van der Waals surface area contributed by atoms with Crippen LogP contribution in [-0.2, 0) is 9.53 Å². The first kappa shape index (κ1) is 23.6. The number of piperidine rings is 1. The van der Waals surface area contributed by atoms with Crippen LogP contribution in [0.3, 0.4) is 0 Å². The minimum absolute atomic E-state index is 0.0942. The maximum absolute atomic E-state index is 13.8. The summed E-state index contributed by atoms with van der Waals surface area (Å²) in [6, 6.07) is 13.1. The highest BCUT2D eigenvalue weighted by atomic mass is 35.5. The van der Waals surface area contributed by atoms with Gasteiger partial charge in [-0.2, -0.15) is 0 Å². The molecule has 3 amide bonds. The fourth-order valence-corrected chi connectivity index (χ4v) is 4.95. The highest BCUT2D eigenvalue weighted by Crippen LogP contribution is 2.39. The third-order valence-electron chi connectivity index (χ3n) is 6.95. The van der Waals surface area contributed by atoms with E-state index in [2.05, 4.69) is 5.32 Å². The fraction of sp³-hybridized carbons (Fsp3) is 0.423. The van der Waals surface area contributed by atoms with Crippen molar-refractivity contribution in [2.24, 2.45) is 0 Å². The second kappa shape index (κ2) is 9.51. The average molecular weight is 498 g/mol. The molecule has 5 rings (SSSR count). The van der Waals surface area contributed by atoms with E-state index in [1.54, 1.807) is 65.4 Å². The number of hydrogen-bond donors (Lipinski definition) is 1. The van der Waals surface area contributed by atoms with E-state index in [0.29, 0.717) is 47.8 Å². The van der Waals surface area contributed by atoms with Gasteiger partial charge < -0.3 is 19.7 Å². The van der Waals surface area contributed by atoms with E-state index in [4.69, 9.17) is 21.1 Å². The maximum Gasteiger partial charge on any atom is 0.257 e. The van der Waals surface area contributed by atoms with E-state index in [0.717, 1.165) is 12.8 Å². The van der Waals surface area contributed by atoms with Crippen LogP contribution in [0.4, 0.5) is 0 Å². The normalized spacial score (nSPS) is 21.1. The van der Waals surface area contributed by atoms with Crippen LogP contribution in [0.5, 0.6) is 5.75 Å². The summed E-state index contributed by atoms with van der Waals surface area (Å²) in [5, 5.41) is 3.59. The van der Waals surface area contributed by atoms with Gasteiger partial charge in [-0.3, -0.25) is 19.3 Å². The Bertz CT molecular complexity index is 1130. The molecule has 2 aromatic rings. The molecule has 3 fully saturated rings. The zero-order valence-corrected chi connectivity index (χ0v) is 20.3. The lowest BCUT2D eigenvalue weighted by molar-refractivity contribution is -0.128. The minimum Gasteiger partial charge on any atom is -0.497 e. The summed E-state index contributed by atoms with van der Waals surface area (Å²) in [4.78, 5) is 43.2. The first-order valence-corrected chi connectivity index (χ1v) is 12.2. The number of methoxy groups -OCH3 is 1. The third-order valence-corrected chi connectivity index (χ3v) is 7.20. The van der Waals surface area contributed by atoms with Crippen LogP contribution >= 0.6 is 11.6 Å². The Morgan fingerprint density at radius 2 is 1.74 bits per heavy atom. The summed E-state index contributed by atoms with van der Waals surface area (Å²) in [6.45, 7) is 0.931. The number of hydrogen-bond acceptors (Lipinski definition) is 5. The van der Waals surface area contributed by atoms with Gasteiger partial charge in [0.1, 0.15) is 17.5 Å². The number of rotatable bonds is 5. The Morgan fingerprint density at radius 1 is 1.03 bits per heavy atom. The first-order valence-electron chi connectivity index (χ1n) is 11.9. The van der Waals surface area contributed by atoms with Crippen molar-refractivity contribution in [3.8, 4) is 5.75 Å². The molecule has 1 atom stereocenters. The Labute approximate surface area is 209 Å². The van der Waals surface area contributed by atoms with E-state index >= 15 is 0 Å². The van der Waals surface area contributed by atoms with Crippen LogP contribution in [0, 0.1) is 0 Å². The number of halogens is 1. The molecule has 1 N–H and O–H groups in total. The molecule has 2 aromatic carbocycles. The number of amides is 3. The monoisotopic (exact) mass is 497 g/mol. The number of ether oxygens (including phenoxy) is 2. The lowest BCUT2D eigenvalue weighted by Gasteiger charge is -2.44. The van der Waals surface area contributed by atoms with Crippen molar-refractivity contribution in [2.45, 2.75) is 43.5 Å². The standard InChI is InChI=1S/C26H28ClN3O5/c1-34-21-4-2-3-18(15-21)25(33)30-22(23(31)28-20-9-10-20)16-35-26(30)11-13-29(14-12-26)24(32)17-5-7-19(27)8-6-17/h2-8,15,20,22H,9-14,16H2,1H3,(H,28,31). The van der Waals surface area contributed by atoms with E-state index in [-0.39, 0.29) is 30.4 Å². The predicted molar refractivity (Wildman–Crippen MR) is 129 cm³/mol. The smallest absolute Gasteiger partial charge is 0.257 e. The first-order chi connectivity index (χ1) is 16.9. The molecule has 2 saturated heterocycles. The van der Waals surface area contributed by atoms with Gasteiger partial charge in [-0.05, 0) is 55.3 Å². The lowest BCUT2D eigenvalue weighted by atomic mass is 9.96. The van der Waals surface area contributed by atoms with E-state index in [1.807, 2.05) is 0 Å². The number of nitrogens with one attached hydrogen (secondary N) is 1. The van der Waals surface area contributed by atoms with Crippen molar-refractivity contribution < 1.29 is 23.9 Å². The molecule has 9 heteroatoms. The molecule has 35 heavy (non-hydrogen) atoms. The Balaban J connectivity index is 1.38. The number of carbonyl (C=O) groups is 3. The van der Waals surface area contributed by atoms with Gasteiger partial charge in [0.15, 0.2) is 0 Å². The van der Waals surface area contributed by atoms with Crippen LogP contribution in [0.25, 0.3) is 0 Å². The highest BCUT2D eigenvalue weighted by molar-refractivity contribution is 6.30. The second-order valence-electron chi connectivity index (χ2n) is 9.26. The SMILES string of the molecule is COc1cccc(C(=O)N2C(C(=O)NC3CC3)COC23CCN(C(=O)c2ccc(Cl)cc2)CC3)c1. The van der Waals surface area contributed by atoms with Crippen molar-refractivity contribution >= 4 is 29.3 Å². The number of benzene rings is 2. The van der Waals surface area contributed by atoms with Crippen LogP contribution in [0.15, 0.2) is 48.5 Å². The zero-order chi connectivity index (χ0) is 24.6. The van der Waals surface area contributed by atoms with E-state index < -0.39 is 11.8 Å². The molecule has 1 unspecified atom stereocenters. The van der Waals surface area contributed by atoms with Gasteiger partial charge in [0.05, 0.1) is 13.7 Å². The molecule has 184 valence electrons. The molecular weight excluding hydrogens is 470 g/mol. The quantitative estimate of drug-likeness (QED) is 0.685. The molecular formula is C26H28ClN3O5. The van der Waals surface area contributed by atoms with Gasteiger partial charge in [0, 0.05) is 48.1 Å². The summed E-state index contributed by atoms with van der Waals surface area (Å²) >= 11 is 5.95. The zero-order valence-electron chi connectivity index (χ0n) is 19.5. The van der Waals surface area contributed by atoms with Gasteiger partial charge in [-0.1, -0.05) is 17.7 Å². The molecule has 1 saturated carbocycles. The Hall–Kier alpha value is -3.10. The molecule has 8 nitrogen and oxygen atoms in total. The molecule has 0 bridgehead atoms. The van der Waals surface area contributed by atoms with Crippen molar-refractivity contribution in [1.29, 1.82) is 0 Å². The predicted octanol–water partition coefficient (Wildman–Crippen LogP) is 3.10. The van der Waals surface area contributed by atoms with Crippen molar-refractivity contribution in [3.63, 3.8) is 0 Å². The van der Waals surface area contributed by atoms with Crippen molar-refractivity contribution in [2.75, 3.05) is 26.8 Å². The van der Waals surface area contributed by atoms with Crippen LogP contribution in [0.2, 0.25) is 5.02 Å². The lowest BCUT2D eigenvalue weighted by Crippen LogP contribution is -2.60. The third kappa shape index (κ3) is 4.73.